The minimum Gasteiger partial charge on any atom is -0.383 e. The lowest BCUT2D eigenvalue weighted by molar-refractivity contribution is 0.0948. The molecule has 94 valence electrons. The van der Waals surface area contributed by atoms with E-state index in [0.29, 0.717) is 18.7 Å². The van der Waals surface area contributed by atoms with Crippen molar-refractivity contribution in [2.24, 2.45) is 0 Å². The largest absolute Gasteiger partial charge is 0.383 e. The molecular weight excluding hydrogens is 420 g/mol. The number of amides is 1. The highest BCUT2D eigenvalue weighted by atomic mass is 127. The molecule has 3 nitrogen and oxygen atoms in total. The molecule has 0 fully saturated rings. The molecule has 0 saturated carbocycles. The quantitative estimate of drug-likeness (QED) is 0.574. The number of hydrogen-bond acceptors (Lipinski definition) is 2. The predicted molar refractivity (Wildman–Crippen MR) is 80.7 cm³/mol. The Morgan fingerprint density at radius 2 is 2.35 bits per heavy atom. The molecule has 0 bridgehead atoms. The number of nitrogens with one attached hydrogen (secondary N) is 1. The molecule has 0 aromatic heterocycles. The lowest BCUT2D eigenvalue weighted by Gasteiger charge is -2.11. The number of rotatable bonds is 5. The number of methoxy groups -OCH3 is 1. The Labute approximate surface area is 128 Å². The molecule has 0 saturated heterocycles. The van der Waals surface area contributed by atoms with Crippen molar-refractivity contribution in [3.8, 4) is 0 Å². The molecule has 0 aliphatic carbocycles. The highest BCUT2D eigenvalue weighted by Gasteiger charge is 2.12. The summed E-state index contributed by atoms with van der Waals surface area (Å²) in [6.45, 7) is 0.793. The van der Waals surface area contributed by atoms with E-state index in [1.165, 1.54) is 0 Å². The third kappa shape index (κ3) is 5.11. The maximum Gasteiger partial charge on any atom is 0.252 e. The molecule has 6 heteroatoms. The van der Waals surface area contributed by atoms with Crippen molar-refractivity contribution < 1.29 is 9.53 Å². The standard InChI is InChI=1S/C11H12BrClINO2/c1-17-6-7(13)5-15-11(16)9-4-8(14)2-3-10(9)12/h2-4,7H,5-6H2,1H3,(H,15,16). The highest BCUT2D eigenvalue weighted by Crippen LogP contribution is 2.19. The van der Waals surface area contributed by atoms with Crippen LogP contribution in [0.3, 0.4) is 0 Å². The van der Waals surface area contributed by atoms with Gasteiger partial charge in [0.1, 0.15) is 0 Å². The van der Waals surface area contributed by atoms with Gasteiger partial charge in [0.2, 0.25) is 0 Å². The molecule has 0 aliphatic rings. The lowest BCUT2D eigenvalue weighted by Crippen LogP contribution is -2.31. The van der Waals surface area contributed by atoms with Crippen molar-refractivity contribution in [1.29, 1.82) is 0 Å². The van der Waals surface area contributed by atoms with Crippen LogP contribution in [0.15, 0.2) is 22.7 Å². The maximum atomic E-state index is 11.9. The van der Waals surface area contributed by atoms with Gasteiger partial charge in [-0.1, -0.05) is 0 Å². The Hall–Kier alpha value is 0.150. The van der Waals surface area contributed by atoms with Gasteiger partial charge in [-0.2, -0.15) is 0 Å². The summed E-state index contributed by atoms with van der Waals surface area (Å²) < 4.78 is 6.67. The second-order valence-corrected chi connectivity index (χ2v) is 6.10. The van der Waals surface area contributed by atoms with E-state index >= 15 is 0 Å². The predicted octanol–water partition coefficient (Wildman–Crippen LogP) is 3.04. The number of carbonyl (C=O) groups is 1. The average Bonchev–Trinajstić information content (AvgIpc) is 2.29. The van der Waals surface area contributed by atoms with Gasteiger partial charge in [0.15, 0.2) is 0 Å². The number of alkyl halides is 1. The number of hydrogen-bond donors (Lipinski definition) is 1. The van der Waals surface area contributed by atoms with E-state index in [1.54, 1.807) is 7.11 Å². The Morgan fingerprint density at radius 3 is 3.00 bits per heavy atom. The molecule has 0 radical (unpaired) electrons. The van der Waals surface area contributed by atoms with Gasteiger partial charge in [-0.3, -0.25) is 4.79 Å². The van der Waals surface area contributed by atoms with Crippen LogP contribution in [0, 0.1) is 3.57 Å². The van der Waals surface area contributed by atoms with Crippen molar-refractivity contribution in [3.05, 3.63) is 31.8 Å². The number of benzene rings is 1. The van der Waals surface area contributed by atoms with Crippen molar-refractivity contribution in [2.75, 3.05) is 20.3 Å². The van der Waals surface area contributed by atoms with E-state index in [4.69, 9.17) is 16.3 Å². The summed E-state index contributed by atoms with van der Waals surface area (Å²) in [7, 11) is 1.58. The fourth-order valence-electron chi connectivity index (χ4n) is 1.21. The van der Waals surface area contributed by atoms with Crippen molar-refractivity contribution in [1.82, 2.24) is 5.32 Å². The minimum atomic E-state index is -0.217. The minimum absolute atomic E-state index is 0.142. The summed E-state index contributed by atoms with van der Waals surface area (Å²) in [5.41, 5.74) is 0.609. The van der Waals surface area contributed by atoms with Crippen LogP contribution in [0.4, 0.5) is 0 Å². The van der Waals surface area contributed by atoms with Crippen LogP contribution in [0.1, 0.15) is 10.4 Å². The monoisotopic (exact) mass is 431 g/mol. The smallest absolute Gasteiger partial charge is 0.252 e. The molecule has 1 aromatic carbocycles. The molecule has 1 unspecified atom stereocenters. The zero-order chi connectivity index (χ0) is 12.8. The summed E-state index contributed by atoms with van der Waals surface area (Å²) in [6, 6.07) is 5.60. The molecule has 0 spiro atoms. The highest BCUT2D eigenvalue weighted by molar-refractivity contribution is 14.1. The zero-order valence-corrected chi connectivity index (χ0v) is 13.7. The van der Waals surface area contributed by atoms with Gasteiger partial charge >= 0.3 is 0 Å². The summed E-state index contributed by atoms with van der Waals surface area (Å²) in [4.78, 5) is 11.9. The van der Waals surface area contributed by atoms with Gasteiger partial charge in [0, 0.05) is 21.7 Å². The van der Waals surface area contributed by atoms with Gasteiger partial charge in [-0.25, -0.2) is 0 Å². The fraction of sp³-hybridized carbons (Fsp3) is 0.364. The van der Waals surface area contributed by atoms with E-state index in [0.717, 1.165) is 8.04 Å². The van der Waals surface area contributed by atoms with Crippen molar-refractivity contribution in [3.63, 3.8) is 0 Å². The van der Waals surface area contributed by atoms with Crippen LogP contribution in [-0.2, 0) is 4.74 Å². The van der Waals surface area contributed by atoms with Gasteiger partial charge in [0.25, 0.3) is 5.91 Å². The van der Waals surface area contributed by atoms with Crippen LogP contribution < -0.4 is 5.32 Å². The van der Waals surface area contributed by atoms with Crippen molar-refractivity contribution >= 4 is 56.0 Å². The van der Waals surface area contributed by atoms with Crippen LogP contribution in [0.5, 0.6) is 0 Å². The number of halogens is 3. The Kier molecular flexibility index (Phi) is 6.76. The summed E-state index contributed by atoms with van der Waals surface area (Å²) in [6.07, 6.45) is 0. The van der Waals surface area contributed by atoms with E-state index in [2.05, 4.69) is 43.8 Å². The summed E-state index contributed by atoms with van der Waals surface area (Å²) in [5.74, 6) is -0.142. The van der Waals surface area contributed by atoms with Crippen LogP contribution in [-0.4, -0.2) is 31.5 Å². The van der Waals surface area contributed by atoms with Gasteiger partial charge in [0.05, 0.1) is 17.5 Å². The van der Waals surface area contributed by atoms with Crippen LogP contribution in [0.2, 0.25) is 0 Å². The van der Waals surface area contributed by atoms with Gasteiger partial charge < -0.3 is 10.1 Å². The first-order valence-corrected chi connectivity index (χ1v) is 7.21. The molecule has 0 aliphatic heterocycles. The Morgan fingerprint density at radius 1 is 1.65 bits per heavy atom. The molecular formula is C11H12BrClINO2. The first kappa shape index (κ1) is 15.2. The molecule has 1 rings (SSSR count). The van der Waals surface area contributed by atoms with E-state index in [1.807, 2.05) is 18.2 Å². The molecule has 17 heavy (non-hydrogen) atoms. The third-order valence-corrected chi connectivity index (χ3v) is 3.65. The summed E-state index contributed by atoms with van der Waals surface area (Å²) >= 11 is 11.4. The molecule has 1 atom stereocenters. The number of ether oxygens (including phenoxy) is 1. The Balaban J connectivity index is 2.61. The van der Waals surface area contributed by atoms with Gasteiger partial charge in [-0.05, 0) is 56.7 Å². The normalized spacial score (nSPS) is 12.2. The van der Waals surface area contributed by atoms with Crippen LogP contribution >= 0.6 is 50.1 Å². The molecule has 0 heterocycles. The van der Waals surface area contributed by atoms with Crippen LogP contribution in [0.25, 0.3) is 0 Å². The second-order valence-electron chi connectivity index (χ2n) is 3.39. The zero-order valence-electron chi connectivity index (χ0n) is 9.17. The fourth-order valence-corrected chi connectivity index (χ4v) is 2.33. The van der Waals surface area contributed by atoms with Crippen molar-refractivity contribution in [2.45, 2.75) is 5.38 Å². The first-order chi connectivity index (χ1) is 8.04. The van der Waals surface area contributed by atoms with E-state index < -0.39 is 0 Å². The van der Waals surface area contributed by atoms with E-state index in [-0.39, 0.29) is 11.3 Å². The third-order valence-electron chi connectivity index (χ3n) is 2.00. The lowest BCUT2D eigenvalue weighted by atomic mass is 10.2. The Bertz CT molecular complexity index is 403. The molecule has 1 aromatic rings. The van der Waals surface area contributed by atoms with Gasteiger partial charge in [-0.15, -0.1) is 11.6 Å². The summed E-state index contributed by atoms with van der Waals surface area (Å²) in [5, 5.41) is 2.55. The maximum absolute atomic E-state index is 11.9. The second kappa shape index (κ2) is 7.56. The van der Waals surface area contributed by atoms with E-state index in [9.17, 15) is 4.79 Å². The average molecular weight is 432 g/mol. The molecule has 1 amide bonds. The first-order valence-electron chi connectivity index (χ1n) is 4.91. The topological polar surface area (TPSA) is 38.3 Å². The SMILES string of the molecule is COCC(Cl)CNC(=O)c1cc(I)ccc1Br. The molecule has 1 N–H and O–H groups in total. The number of carbonyl (C=O) groups excluding carboxylic acids is 1.